The van der Waals surface area contributed by atoms with Crippen LogP contribution in [0.15, 0.2) is 24.3 Å². The number of rotatable bonds is 16. The average molecular weight is 419 g/mol. The monoisotopic (exact) mass is 418 g/mol. The van der Waals surface area contributed by atoms with Crippen molar-refractivity contribution in [2.75, 3.05) is 40.3 Å². The number of unbranched alkanes of at least 4 members (excludes halogenated alkanes) is 4. The first-order chi connectivity index (χ1) is 14.4. The number of aldehydes is 1. The number of quaternary nitrogens is 1. The molecule has 6 nitrogen and oxygen atoms in total. The Balaban J connectivity index is 2.14. The predicted octanol–water partition coefficient (Wildman–Crippen LogP) is 3.56. The Kier molecular flexibility index (Phi) is 12.7. The molecule has 0 aromatic heterocycles. The summed E-state index contributed by atoms with van der Waals surface area (Å²) in [4.78, 5) is 35.1. The summed E-state index contributed by atoms with van der Waals surface area (Å²) >= 11 is 0. The van der Waals surface area contributed by atoms with Gasteiger partial charge in [0.2, 0.25) is 5.91 Å². The molecule has 0 atom stereocenters. The van der Waals surface area contributed by atoms with Crippen molar-refractivity contribution < 1.29 is 18.9 Å². The van der Waals surface area contributed by atoms with Crippen LogP contribution in [0.5, 0.6) is 0 Å². The van der Waals surface area contributed by atoms with Crippen molar-refractivity contribution in [3.8, 4) is 0 Å². The summed E-state index contributed by atoms with van der Waals surface area (Å²) in [7, 11) is 4.40. The highest BCUT2D eigenvalue weighted by atomic mass is 16.2. The highest BCUT2D eigenvalue weighted by Gasteiger charge is 2.15. The second kappa shape index (κ2) is 14.7. The summed E-state index contributed by atoms with van der Waals surface area (Å²) < 4.78 is 0.893. The molecule has 0 radical (unpaired) electrons. The van der Waals surface area contributed by atoms with Crippen molar-refractivity contribution >= 4 is 18.1 Å². The van der Waals surface area contributed by atoms with Crippen LogP contribution in [0.4, 0.5) is 0 Å². The Morgan fingerprint density at radius 2 is 1.60 bits per heavy atom. The first kappa shape index (κ1) is 25.8. The van der Waals surface area contributed by atoms with E-state index in [0.29, 0.717) is 30.4 Å². The standard InChI is InChI=1S/C24H39N3O3/c1-4-5-10-16-25-23(29)15-7-6-11-18-27(2,3)19-12-17-26-24(30)22-14-9-8-13-21(22)20-28/h8-9,13-14,20H,4-7,10-12,15-19H2,1-3H3,(H-,25,26,29,30)/p+1. The molecule has 0 saturated heterocycles. The van der Waals surface area contributed by atoms with Crippen molar-refractivity contribution in [1.29, 1.82) is 0 Å². The lowest BCUT2D eigenvalue weighted by atomic mass is 10.1. The Bertz CT molecular complexity index is 659. The number of carbonyl (C=O) groups excluding carboxylic acids is 3. The highest BCUT2D eigenvalue weighted by molar-refractivity contribution is 6.01. The SMILES string of the molecule is CCCCCNC(=O)CCCCC[N+](C)(C)CCCNC(=O)c1ccccc1C=O. The summed E-state index contributed by atoms with van der Waals surface area (Å²) in [6, 6.07) is 6.83. The molecule has 1 rings (SSSR count). The van der Waals surface area contributed by atoms with Gasteiger partial charge in [-0.25, -0.2) is 0 Å². The van der Waals surface area contributed by atoms with Crippen molar-refractivity contribution in [3.63, 3.8) is 0 Å². The molecule has 6 heteroatoms. The largest absolute Gasteiger partial charge is 0.356 e. The van der Waals surface area contributed by atoms with E-state index in [1.807, 2.05) is 0 Å². The van der Waals surface area contributed by atoms with E-state index in [0.717, 1.165) is 56.2 Å². The number of amides is 2. The van der Waals surface area contributed by atoms with Gasteiger partial charge in [-0.2, -0.15) is 0 Å². The van der Waals surface area contributed by atoms with Crippen LogP contribution in [-0.4, -0.2) is 62.9 Å². The first-order valence-corrected chi connectivity index (χ1v) is 11.3. The van der Waals surface area contributed by atoms with E-state index in [-0.39, 0.29) is 11.8 Å². The third kappa shape index (κ3) is 11.1. The number of nitrogens with one attached hydrogen (secondary N) is 2. The van der Waals surface area contributed by atoms with Gasteiger partial charge in [-0.05, 0) is 31.7 Å². The minimum atomic E-state index is -0.198. The Labute approximate surface area is 182 Å². The fourth-order valence-corrected chi connectivity index (χ4v) is 3.42. The minimum Gasteiger partial charge on any atom is -0.356 e. The molecule has 0 unspecified atom stereocenters. The molecule has 0 aliphatic heterocycles. The number of carbonyl (C=O) groups is 3. The molecule has 0 bridgehead atoms. The number of hydrogen-bond acceptors (Lipinski definition) is 3. The van der Waals surface area contributed by atoms with Gasteiger partial charge in [-0.3, -0.25) is 14.4 Å². The molecular formula is C24H40N3O3+. The number of benzene rings is 1. The maximum atomic E-state index is 12.2. The van der Waals surface area contributed by atoms with Gasteiger partial charge < -0.3 is 15.1 Å². The maximum absolute atomic E-state index is 12.2. The van der Waals surface area contributed by atoms with Crippen molar-refractivity contribution in [2.24, 2.45) is 0 Å². The van der Waals surface area contributed by atoms with Crippen molar-refractivity contribution in [1.82, 2.24) is 10.6 Å². The van der Waals surface area contributed by atoms with Crippen LogP contribution in [0.3, 0.4) is 0 Å². The zero-order valence-electron chi connectivity index (χ0n) is 19.0. The van der Waals surface area contributed by atoms with Crippen LogP contribution in [-0.2, 0) is 4.79 Å². The van der Waals surface area contributed by atoms with Crippen LogP contribution in [0.2, 0.25) is 0 Å². The third-order valence-electron chi connectivity index (χ3n) is 5.33. The molecular weight excluding hydrogens is 378 g/mol. The summed E-state index contributed by atoms with van der Waals surface area (Å²) in [5.74, 6) is -0.0253. The van der Waals surface area contributed by atoms with E-state index in [1.54, 1.807) is 24.3 Å². The Morgan fingerprint density at radius 3 is 2.33 bits per heavy atom. The third-order valence-corrected chi connectivity index (χ3v) is 5.33. The molecule has 0 aliphatic carbocycles. The smallest absolute Gasteiger partial charge is 0.252 e. The summed E-state index contributed by atoms with van der Waals surface area (Å²) in [5, 5.41) is 5.90. The zero-order chi connectivity index (χ0) is 22.2. The topological polar surface area (TPSA) is 75.3 Å². The average Bonchev–Trinajstić information content (AvgIpc) is 2.73. The van der Waals surface area contributed by atoms with Gasteiger partial charge in [0.05, 0.1) is 27.2 Å². The van der Waals surface area contributed by atoms with Crippen LogP contribution in [0.1, 0.15) is 79.0 Å². The van der Waals surface area contributed by atoms with Crippen LogP contribution in [0.25, 0.3) is 0 Å². The van der Waals surface area contributed by atoms with Crippen LogP contribution < -0.4 is 10.6 Å². The van der Waals surface area contributed by atoms with E-state index in [2.05, 4.69) is 31.7 Å². The lowest BCUT2D eigenvalue weighted by Crippen LogP contribution is -2.42. The second-order valence-electron chi connectivity index (χ2n) is 8.57. The van der Waals surface area contributed by atoms with Crippen LogP contribution in [0, 0.1) is 0 Å². The molecule has 0 spiro atoms. The zero-order valence-corrected chi connectivity index (χ0v) is 19.0. The lowest BCUT2D eigenvalue weighted by Gasteiger charge is -2.30. The molecule has 0 aliphatic rings. The molecule has 2 amide bonds. The first-order valence-electron chi connectivity index (χ1n) is 11.3. The number of hydrogen-bond donors (Lipinski definition) is 2. The van der Waals surface area contributed by atoms with Gasteiger partial charge >= 0.3 is 0 Å². The van der Waals surface area contributed by atoms with Crippen molar-refractivity contribution in [2.45, 2.75) is 58.3 Å². The van der Waals surface area contributed by atoms with E-state index < -0.39 is 0 Å². The Hall–Kier alpha value is -2.21. The Morgan fingerprint density at radius 1 is 0.900 bits per heavy atom. The molecule has 0 saturated carbocycles. The van der Waals surface area contributed by atoms with Gasteiger partial charge in [0.25, 0.3) is 5.91 Å². The fourth-order valence-electron chi connectivity index (χ4n) is 3.42. The molecule has 0 heterocycles. The summed E-state index contributed by atoms with van der Waals surface area (Å²) in [6.45, 7) is 5.57. The van der Waals surface area contributed by atoms with Gasteiger partial charge in [0.1, 0.15) is 0 Å². The lowest BCUT2D eigenvalue weighted by molar-refractivity contribution is -0.890. The molecule has 2 N–H and O–H groups in total. The molecule has 30 heavy (non-hydrogen) atoms. The van der Waals surface area contributed by atoms with Gasteiger partial charge in [0, 0.05) is 37.1 Å². The summed E-state index contributed by atoms with van der Waals surface area (Å²) in [6.07, 6.45) is 8.71. The summed E-state index contributed by atoms with van der Waals surface area (Å²) in [5.41, 5.74) is 0.844. The van der Waals surface area contributed by atoms with Crippen LogP contribution >= 0.6 is 0 Å². The van der Waals surface area contributed by atoms with Gasteiger partial charge in [-0.1, -0.05) is 38.0 Å². The van der Waals surface area contributed by atoms with Gasteiger partial charge in [-0.15, -0.1) is 0 Å². The van der Waals surface area contributed by atoms with E-state index in [9.17, 15) is 14.4 Å². The van der Waals surface area contributed by atoms with E-state index in [1.165, 1.54) is 12.8 Å². The molecule has 168 valence electrons. The minimum absolute atomic E-state index is 0.173. The second-order valence-corrected chi connectivity index (χ2v) is 8.57. The van der Waals surface area contributed by atoms with Gasteiger partial charge in [0.15, 0.2) is 6.29 Å². The fraction of sp³-hybridized carbons (Fsp3) is 0.625. The van der Waals surface area contributed by atoms with E-state index >= 15 is 0 Å². The molecule has 1 aromatic rings. The molecule has 0 fully saturated rings. The normalized spacial score (nSPS) is 11.2. The predicted molar refractivity (Wildman–Crippen MR) is 122 cm³/mol. The van der Waals surface area contributed by atoms with Crippen molar-refractivity contribution in [3.05, 3.63) is 35.4 Å². The quantitative estimate of drug-likeness (QED) is 0.245. The molecule has 1 aromatic carbocycles. The highest BCUT2D eigenvalue weighted by Crippen LogP contribution is 2.08. The van der Waals surface area contributed by atoms with E-state index in [4.69, 9.17) is 0 Å². The maximum Gasteiger partial charge on any atom is 0.252 e. The number of nitrogens with zero attached hydrogens (tertiary/aromatic N) is 1.